The van der Waals surface area contributed by atoms with Crippen LogP contribution < -0.4 is 10.5 Å². The van der Waals surface area contributed by atoms with Gasteiger partial charge in [0.05, 0.1) is 0 Å². The van der Waals surface area contributed by atoms with Gasteiger partial charge in [-0.15, -0.1) is 0 Å². The summed E-state index contributed by atoms with van der Waals surface area (Å²) >= 11 is 0. The molecule has 0 atom stereocenters. The molecule has 0 saturated heterocycles. The van der Waals surface area contributed by atoms with Gasteiger partial charge in [-0.05, 0) is 0 Å². The highest BCUT2D eigenvalue weighted by atomic mass is 32.2. The zero-order valence-corrected chi connectivity index (χ0v) is 11.4. The molecule has 9 nitrogen and oxygen atoms in total. The molecule has 0 aliphatic heterocycles. The van der Waals surface area contributed by atoms with Crippen LogP contribution in [0, 0.1) is 0 Å². The highest BCUT2D eigenvalue weighted by Gasteiger charge is 2.20. The zero-order valence-electron chi connectivity index (χ0n) is 10.6. The maximum Gasteiger partial charge on any atom is 0.245 e. The standard InChI is InChI=1S/C9H15N7O2S/c1-15-5-7(9(10)14-15)19(17,18)12-4-3-8-11-6-16(2)13-8/h5-6,12H,3-4H2,1-2H3,(H2,10,14). The number of aryl methyl sites for hydroxylation is 2. The third-order valence-electron chi connectivity index (χ3n) is 2.40. The third kappa shape index (κ3) is 3.09. The van der Waals surface area contributed by atoms with Gasteiger partial charge in [0.15, 0.2) is 11.6 Å². The summed E-state index contributed by atoms with van der Waals surface area (Å²) in [4.78, 5) is 3.98. The van der Waals surface area contributed by atoms with Crippen molar-refractivity contribution in [3.8, 4) is 0 Å². The van der Waals surface area contributed by atoms with Gasteiger partial charge in [0.1, 0.15) is 11.2 Å². The van der Waals surface area contributed by atoms with Crippen molar-refractivity contribution >= 4 is 15.8 Å². The molecule has 0 aliphatic carbocycles. The first-order valence-electron chi connectivity index (χ1n) is 5.52. The summed E-state index contributed by atoms with van der Waals surface area (Å²) < 4.78 is 29.3. The van der Waals surface area contributed by atoms with Gasteiger partial charge in [-0.1, -0.05) is 0 Å². The topological polar surface area (TPSA) is 121 Å². The fraction of sp³-hybridized carbons (Fsp3) is 0.444. The number of nitrogen functional groups attached to an aromatic ring is 1. The van der Waals surface area contributed by atoms with E-state index in [2.05, 4.69) is 19.9 Å². The molecule has 0 aliphatic rings. The van der Waals surface area contributed by atoms with E-state index in [0.717, 1.165) is 0 Å². The van der Waals surface area contributed by atoms with Crippen LogP contribution in [0.4, 0.5) is 5.82 Å². The maximum atomic E-state index is 12.0. The fourth-order valence-corrected chi connectivity index (χ4v) is 2.70. The number of sulfonamides is 1. The van der Waals surface area contributed by atoms with Crippen molar-refractivity contribution in [1.82, 2.24) is 29.3 Å². The van der Waals surface area contributed by atoms with E-state index in [-0.39, 0.29) is 17.3 Å². The SMILES string of the molecule is Cn1cnc(CCNS(=O)(=O)c2cn(C)nc2N)n1. The Hall–Kier alpha value is -1.94. The fourth-order valence-electron chi connectivity index (χ4n) is 1.56. The summed E-state index contributed by atoms with van der Waals surface area (Å²) in [6.07, 6.45) is 3.32. The van der Waals surface area contributed by atoms with E-state index in [0.29, 0.717) is 12.2 Å². The predicted molar refractivity (Wildman–Crippen MR) is 67.5 cm³/mol. The molecule has 19 heavy (non-hydrogen) atoms. The zero-order chi connectivity index (χ0) is 14.0. The molecule has 2 aromatic rings. The number of anilines is 1. The Bertz CT molecular complexity index is 673. The van der Waals surface area contributed by atoms with Gasteiger partial charge in [0, 0.05) is 33.3 Å². The van der Waals surface area contributed by atoms with E-state index in [1.807, 2.05) is 0 Å². The molecular weight excluding hydrogens is 270 g/mol. The van der Waals surface area contributed by atoms with Gasteiger partial charge in [0.25, 0.3) is 0 Å². The number of nitrogens with one attached hydrogen (secondary N) is 1. The predicted octanol–water partition coefficient (Wildman–Crippen LogP) is -1.35. The van der Waals surface area contributed by atoms with Crippen LogP contribution in [-0.2, 0) is 30.5 Å². The molecule has 0 spiro atoms. The summed E-state index contributed by atoms with van der Waals surface area (Å²) in [5.74, 6) is 0.551. The number of rotatable bonds is 5. The first kappa shape index (κ1) is 13.5. The third-order valence-corrected chi connectivity index (χ3v) is 3.88. The summed E-state index contributed by atoms with van der Waals surface area (Å²) in [6.45, 7) is 0.195. The lowest BCUT2D eigenvalue weighted by molar-refractivity contribution is 0.581. The molecule has 0 aromatic carbocycles. The Labute approximate surface area is 110 Å². The van der Waals surface area contributed by atoms with Crippen molar-refractivity contribution in [3.63, 3.8) is 0 Å². The Morgan fingerprint density at radius 1 is 1.32 bits per heavy atom. The summed E-state index contributed by atoms with van der Waals surface area (Å²) in [7, 11) is -0.303. The van der Waals surface area contributed by atoms with Crippen molar-refractivity contribution in [2.45, 2.75) is 11.3 Å². The molecule has 10 heteroatoms. The van der Waals surface area contributed by atoms with Gasteiger partial charge in [-0.3, -0.25) is 9.36 Å². The molecule has 2 rings (SSSR count). The molecular formula is C9H15N7O2S. The van der Waals surface area contributed by atoms with Crippen molar-refractivity contribution in [3.05, 3.63) is 18.3 Å². The summed E-state index contributed by atoms with van der Waals surface area (Å²) in [5, 5.41) is 7.85. The van der Waals surface area contributed by atoms with Gasteiger partial charge < -0.3 is 5.73 Å². The molecule has 0 unspecified atom stereocenters. The second kappa shape index (κ2) is 4.97. The normalized spacial score (nSPS) is 11.9. The first-order chi connectivity index (χ1) is 8.88. The minimum atomic E-state index is -3.65. The van der Waals surface area contributed by atoms with Crippen molar-refractivity contribution in [1.29, 1.82) is 0 Å². The van der Waals surface area contributed by atoms with Crippen LogP contribution in [0.3, 0.4) is 0 Å². The molecule has 0 fully saturated rings. The molecule has 3 N–H and O–H groups in total. The first-order valence-corrected chi connectivity index (χ1v) is 7.00. The van der Waals surface area contributed by atoms with E-state index >= 15 is 0 Å². The van der Waals surface area contributed by atoms with Crippen molar-refractivity contribution in [2.24, 2.45) is 14.1 Å². The minimum Gasteiger partial charge on any atom is -0.381 e. The molecule has 0 amide bonds. The number of nitrogens with two attached hydrogens (primary N) is 1. The number of hydrogen-bond acceptors (Lipinski definition) is 6. The average molecular weight is 285 g/mol. The van der Waals surface area contributed by atoms with Gasteiger partial charge in [-0.25, -0.2) is 18.1 Å². The number of hydrogen-bond donors (Lipinski definition) is 2. The monoisotopic (exact) mass is 285 g/mol. The maximum absolute atomic E-state index is 12.0. The van der Waals surface area contributed by atoms with E-state index in [4.69, 9.17) is 5.73 Å². The molecule has 104 valence electrons. The van der Waals surface area contributed by atoms with E-state index in [1.54, 1.807) is 25.1 Å². The number of aromatic nitrogens is 5. The van der Waals surface area contributed by atoms with Crippen LogP contribution >= 0.6 is 0 Å². The lowest BCUT2D eigenvalue weighted by Gasteiger charge is -2.03. The van der Waals surface area contributed by atoms with Gasteiger partial charge in [0.2, 0.25) is 10.0 Å². The van der Waals surface area contributed by atoms with Crippen molar-refractivity contribution in [2.75, 3.05) is 12.3 Å². The van der Waals surface area contributed by atoms with Crippen molar-refractivity contribution < 1.29 is 8.42 Å². The van der Waals surface area contributed by atoms with Crippen LogP contribution in [0.2, 0.25) is 0 Å². The molecule has 0 saturated carbocycles. The van der Waals surface area contributed by atoms with E-state index < -0.39 is 10.0 Å². The van der Waals surface area contributed by atoms with E-state index in [1.165, 1.54) is 10.9 Å². The van der Waals surface area contributed by atoms with Crippen LogP contribution in [0.1, 0.15) is 5.82 Å². The van der Waals surface area contributed by atoms with Gasteiger partial charge in [-0.2, -0.15) is 10.2 Å². The molecule has 0 radical (unpaired) electrons. The van der Waals surface area contributed by atoms with Crippen LogP contribution in [0.25, 0.3) is 0 Å². The Morgan fingerprint density at radius 3 is 2.58 bits per heavy atom. The summed E-state index contributed by atoms with van der Waals surface area (Å²) in [6, 6.07) is 0. The lowest BCUT2D eigenvalue weighted by atomic mass is 10.4. The molecule has 2 heterocycles. The number of nitrogens with zero attached hydrogens (tertiary/aromatic N) is 5. The minimum absolute atomic E-state index is 0.0223. The Kier molecular flexibility index (Phi) is 3.53. The van der Waals surface area contributed by atoms with Gasteiger partial charge >= 0.3 is 0 Å². The summed E-state index contributed by atoms with van der Waals surface area (Å²) in [5.41, 5.74) is 5.53. The average Bonchev–Trinajstić information content (AvgIpc) is 2.85. The second-order valence-electron chi connectivity index (χ2n) is 4.03. The highest BCUT2D eigenvalue weighted by Crippen LogP contribution is 2.14. The quantitative estimate of drug-likeness (QED) is 0.701. The lowest BCUT2D eigenvalue weighted by Crippen LogP contribution is -2.26. The van der Waals surface area contributed by atoms with Crippen LogP contribution in [-0.4, -0.2) is 39.5 Å². The van der Waals surface area contributed by atoms with Crippen LogP contribution in [0.5, 0.6) is 0 Å². The molecule has 0 bridgehead atoms. The smallest absolute Gasteiger partial charge is 0.245 e. The molecule has 2 aromatic heterocycles. The highest BCUT2D eigenvalue weighted by molar-refractivity contribution is 7.89. The Balaban J connectivity index is 2.00. The Morgan fingerprint density at radius 2 is 2.05 bits per heavy atom. The second-order valence-corrected chi connectivity index (χ2v) is 5.77. The largest absolute Gasteiger partial charge is 0.381 e. The van der Waals surface area contributed by atoms with E-state index in [9.17, 15) is 8.42 Å². The van der Waals surface area contributed by atoms with Crippen LogP contribution in [0.15, 0.2) is 17.4 Å².